The fourth-order valence-electron chi connectivity index (χ4n) is 1.36. The predicted octanol–water partition coefficient (Wildman–Crippen LogP) is 0.748. The summed E-state index contributed by atoms with van der Waals surface area (Å²) in [4.78, 5) is 13.5. The smallest absolute Gasteiger partial charge is 0.250 e. The van der Waals surface area contributed by atoms with Crippen LogP contribution in [0.4, 0.5) is 0 Å². The van der Waals surface area contributed by atoms with Gasteiger partial charge in [-0.15, -0.1) is 11.3 Å². The second-order valence-corrected chi connectivity index (χ2v) is 8.10. The van der Waals surface area contributed by atoms with E-state index < -0.39 is 10.0 Å². The van der Waals surface area contributed by atoms with Gasteiger partial charge in [-0.1, -0.05) is 11.6 Å². The van der Waals surface area contributed by atoms with Gasteiger partial charge in [-0.3, -0.25) is 4.79 Å². The number of nitrogens with one attached hydrogen (secondary N) is 2. The molecular weight excluding hydrogens is 322 g/mol. The molecule has 6 nitrogen and oxygen atoms in total. The van der Waals surface area contributed by atoms with Crippen molar-refractivity contribution in [3.05, 3.63) is 16.5 Å². The van der Waals surface area contributed by atoms with Gasteiger partial charge in [-0.2, -0.15) is 0 Å². The monoisotopic (exact) mass is 339 g/mol. The fourth-order valence-corrected chi connectivity index (χ4v) is 3.87. The molecular formula is C11H18ClN3O3S2. The van der Waals surface area contributed by atoms with Crippen LogP contribution >= 0.6 is 22.9 Å². The molecule has 20 heavy (non-hydrogen) atoms. The van der Waals surface area contributed by atoms with Crippen LogP contribution in [0, 0.1) is 0 Å². The Morgan fingerprint density at radius 1 is 1.40 bits per heavy atom. The molecule has 1 heterocycles. The first-order chi connectivity index (χ1) is 9.31. The lowest BCUT2D eigenvalue weighted by Crippen LogP contribution is -2.37. The Hall–Kier alpha value is -0.670. The largest absolute Gasteiger partial charge is 0.355 e. The van der Waals surface area contributed by atoms with Gasteiger partial charge in [0.15, 0.2) is 0 Å². The number of amides is 1. The van der Waals surface area contributed by atoms with E-state index in [0.29, 0.717) is 10.9 Å². The van der Waals surface area contributed by atoms with Gasteiger partial charge in [-0.05, 0) is 39.2 Å². The molecule has 0 radical (unpaired) electrons. The number of carbonyl (C=O) groups excluding carboxylic acids is 1. The Labute approximate surface area is 128 Å². The first kappa shape index (κ1) is 17.4. The molecule has 0 saturated carbocycles. The van der Waals surface area contributed by atoms with E-state index >= 15 is 0 Å². The van der Waals surface area contributed by atoms with E-state index in [-0.39, 0.29) is 16.7 Å². The van der Waals surface area contributed by atoms with Crippen molar-refractivity contribution >= 4 is 38.9 Å². The molecule has 0 spiro atoms. The van der Waals surface area contributed by atoms with Crippen LogP contribution in [0.2, 0.25) is 4.34 Å². The molecule has 0 aliphatic heterocycles. The molecule has 1 aromatic heterocycles. The number of nitrogens with zero attached hydrogens (tertiary/aromatic N) is 1. The number of hydrogen-bond acceptors (Lipinski definition) is 5. The highest BCUT2D eigenvalue weighted by atomic mass is 35.5. The van der Waals surface area contributed by atoms with E-state index in [1.54, 1.807) is 0 Å². The maximum absolute atomic E-state index is 11.8. The third kappa shape index (κ3) is 6.19. The molecule has 0 aliphatic carbocycles. The second kappa shape index (κ2) is 7.94. The maximum atomic E-state index is 11.8. The highest BCUT2D eigenvalue weighted by Crippen LogP contribution is 2.25. The van der Waals surface area contributed by atoms with Gasteiger partial charge in [0.25, 0.3) is 10.0 Å². The third-order valence-electron chi connectivity index (χ3n) is 2.34. The summed E-state index contributed by atoms with van der Waals surface area (Å²) in [5.41, 5.74) is 0. The Morgan fingerprint density at radius 3 is 2.65 bits per heavy atom. The standard InChI is InChI=1S/C11H18ClN3O3S2/c1-15(2)7-3-6-13-10(16)8-14-20(17,18)11-5-4-9(12)19-11/h4-5,14H,3,6-8H2,1-2H3,(H,13,16). The van der Waals surface area contributed by atoms with Crippen LogP contribution in [-0.4, -0.2) is 53.0 Å². The zero-order chi connectivity index (χ0) is 15.2. The van der Waals surface area contributed by atoms with Gasteiger partial charge in [0.1, 0.15) is 4.21 Å². The zero-order valence-electron chi connectivity index (χ0n) is 11.3. The van der Waals surface area contributed by atoms with Crippen LogP contribution in [-0.2, 0) is 14.8 Å². The summed E-state index contributed by atoms with van der Waals surface area (Å²) in [6.45, 7) is 1.10. The third-order valence-corrected chi connectivity index (χ3v) is 5.46. The van der Waals surface area contributed by atoms with Gasteiger partial charge in [0.2, 0.25) is 5.91 Å². The molecule has 2 N–H and O–H groups in total. The summed E-state index contributed by atoms with van der Waals surface area (Å²) in [6.07, 6.45) is 0.812. The van der Waals surface area contributed by atoms with Crippen molar-refractivity contribution < 1.29 is 13.2 Å². The molecule has 9 heteroatoms. The average Bonchev–Trinajstić information content (AvgIpc) is 2.79. The number of hydrogen-bond donors (Lipinski definition) is 2. The summed E-state index contributed by atoms with van der Waals surface area (Å²) in [6, 6.07) is 2.91. The Bertz CT molecular complexity index is 543. The molecule has 0 aromatic carbocycles. The first-order valence-corrected chi connectivity index (χ1v) is 8.65. The number of thiophene rings is 1. The summed E-state index contributed by atoms with van der Waals surface area (Å²) >= 11 is 6.63. The van der Waals surface area contributed by atoms with Gasteiger partial charge in [0.05, 0.1) is 10.9 Å². The van der Waals surface area contributed by atoms with Crippen molar-refractivity contribution in [3.63, 3.8) is 0 Å². The van der Waals surface area contributed by atoms with E-state index in [1.165, 1.54) is 12.1 Å². The SMILES string of the molecule is CN(C)CCCNC(=O)CNS(=O)(=O)c1ccc(Cl)s1. The Balaban J connectivity index is 2.33. The van der Waals surface area contributed by atoms with E-state index in [2.05, 4.69) is 10.0 Å². The molecule has 0 aliphatic rings. The lowest BCUT2D eigenvalue weighted by atomic mass is 10.4. The molecule has 0 bridgehead atoms. The number of sulfonamides is 1. The van der Waals surface area contributed by atoms with E-state index in [0.717, 1.165) is 24.3 Å². The summed E-state index contributed by atoms with van der Waals surface area (Å²) in [5, 5.41) is 2.65. The van der Waals surface area contributed by atoms with E-state index in [1.807, 2.05) is 19.0 Å². The van der Waals surface area contributed by atoms with Crippen molar-refractivity contribution in [2.24, 2.45) is 0 Å². The van der Waals surface area contributed by atoms with Crippen molar-refractivity contribution in [1.29, 1.82) is 0 Å². The Morgan fingerprint density at radius 2 is 2.10 bits per heavy atom. The van der Waals surface area contributed by atoms with Crippen LogP contribution in [0.5, 0.6) is 0 Å². The Kier molecular flexibility index (Phi) is 6.90. The molecule has 0 fully saturated rings. The van der Waals surface area contributed by atoms with Crippen LogP contribution in [0.3, 0.4) is 0 Å². The van der Waals surface area contributed by atoms with Crippen LogP contribution in [0.1, 0.15) is 6.42 Å². The minimum Gasteiger partial charge on any atom is -0.355 e. The topological polar surface area (TPSA) is 78.5 Å². The molecule has 1 aromatic rings. The van der Waals surface area contributed by atoms with Crippen LogP contribution in [0.25, 0.3) is 0 Å². The fraction of sp³-hybridized carbons (Fsp3) is 0.545. The molecule has 1 amide bonds. The van der Waals surface area contributed by atoms with Gasteiger partial charge >= 0.3 is 0 Å². The van der Waals surface area contributed by atoms with Crippen LogP contribution < -0.4 is 10.0 Å². The van der Waals surface area contributed by atoms with Gasteiger partial charge < -0.3 is 10.2 Å². The molecule has 0 unspecified atom stereocenters. The van der Waals surface area contributed by atoms with Gasteiger partial charge in [-0.25, -0.2) is 13.1 Å². The van der Waals surface area contributed by atoms with Crippen LogP contribution in [0.15, 0.2) is 16.3 Å². The molecule has 0 atom stereocenters. The van der Waals surface area contributed by atoms with Crippen molar-refractivity contribution in [1.82, 2.24) is 14.9 Å². The minimum absolute atomic E-state index is 0.0999. The molecule has 0 saturated heterocycles. The van der Waals surface area contributed by atoms with E-state index in [9.17, 15) is 13.2 Å². The van der Waals surface area contributed by atoms with Gasteiger partial charge in [0, 0.05) is 6.54 Å². The van der Waals surface area contributed by atoms with Crippen molar-refractivity contribution in [2.45, 2.75) is 10.6 Å². The zero-order valence-corrected chi connectivity index (χ0v) is 13.7. The number of halogens is 1. The highest BCUT2D eigenvalue weighted by Gasteiger charge is 2.17. The molecule has 1 rings (SSSR count). The lowest BCUT2D eigenvalue weighted by Gasteiger charge is -2.10. The number of carbonyl (C=O) groups is 1. The minimum atomic E-state index is -3.66. The summed E-state index contributed by atoms with van der Waals surface area (Å²) < 4.78 is 26.4. The highest BCUT2D eigenvalue weighted by molar-refractivity contribution is 7.91. The molecule has 114 valence electrons. The number of rotatable bonds is 8. The quantitative estimate of drug-likeness (QED) is 0.685. The lowest BCUT2D eigenvalue weighted by molar-refractivity contribution is -0.119. The summed E-state index contributed by atoms with van der Waals surface area (Å²) in [5.74, 6) is -0.352. The summed E-state index contributed by atoms with van der Waals surface area (Å²) in [7, 11) is 0.230. The normalized spacial score (nSPS) is 11.8. The van der Waals surface area contributed by atoms with E-state index in [4.69, 9.17) is 11.6 Å². The second-order valence-electron chi connectivity index (χ2n) is 4.39. The first-order valence-electron chi connectivity index (χ1n) is 5.97. The van der Waals surface area contributed by atoms with Crippen molar-refractivity contribution in [3.8, 4) is 0 Å². The maximum Gasteiger partial charge on any atom is 0.250 e. The predicted molar refractivity (Wildman–Crippen MR) is 80.7 cm³/mol. The van der Waals surface area contributed by atoms with Crippen molar-refractivity contribution in [2.75, 3.05) is 33.7 Å². The average molecular weight is 340 g/mol.